The van der Waals surface area contributed by atoms with Crippen LogP contribution in [0.15, 0.2) is 24.8 Å². The number of ether oxygens (including phenoxy) is 3. The summed E-state index contributed by atoms with van der Waals surface area (Å²) in [4.78, 5) is 101. The van der Waals surface area contributed by atoms with E-state index < -0.39 is 11.9 Å². The number of cyclic esters (lactones) is 4. The van der Waals surface area contributed by atoms with Gasteiger partial charge in [0.1, 0.15) is 0 Å². The number of aliphatic hydroxyl groups excluding tert-OH is 3. The molecule has 0 aliphatic carbocycles. The quantitative estimate of drug-likeness (QED) is 0.00948. The maximum absolute atomic E-state index is 12.6. The summed E-state index contributed by atoms with van der Waals surface area (Å²) in [5.41, 5.74) is 5.13. The lowest BCUT2D eigenvalue weighted by Gasteiger charge is -2.24. The Kier molecular flexibility index (Phi) is 45.5. The van der Waals surface area contributed by atoms with Gasteiger partial charge in [-0.05, 0) is 43.9 Å². The molecule has 4 amide bonds. The van der Waals surface area contributed by atoms with Crippen molar-refractivity contribution in [3.8, 4) is 0 Å². The molecule has 0 spiro atoms. The van der Waals surface area contributed by atoms with Crippen LogP contribution in [0.4, 0.5) is 0 Å². The Balaban J connectivity index is -0.000000898. The molecule has 76 heavy (non-hydrogen) atoms. The van der Waals surface area contributed by atoms with Crippen molar-refractivity contribution in [3.05, 3.63) is 24.8 Å². The number of esters is 4. The van der Waals surface area contributed by atoms with Crippen molar-refractivity contribution in [2.24, 2.45) is 59.0 Å². The zero-order valence-electron chi connectivity index (χ0n) is 47.3. The first-order valence-electron chi connectivity index (χ1n) is 26.8. The average Bonchev–Trinajstić information content (AvgIpc) is 4.09. The number of aliphatic hydroxyl groups is 3. The van der Waals surface area contributed by atoms with Crippen molar-refractivity contribution in [2.75, 3.05) is 105 Å². The van der Waals surface area contributed by atoms with Gasteiger partial charge in [-0.15, -0.1) is 6.58 Å². The number of nitrogens with one attached hydrogen (secondary N) is 2. The summed E-state index contributed by atoms with van der Waals surface area (Å²) in [6.45, 7) is 30.8. The first-order chi connectivity index (χ1) is 35.8. The van der Waals surface area contributed by atoms with Gasteiger partial charge in [-0.3, -0.25) is 48.7 Å². The van der Waals surface area contributed by atoms with Gasteiger partial charge < -0.3 is 51.4 Å². The second kappa shape index (κ2) is 45.6. The first kappa shape index (κ1) is 75.8. The SMILES string of the molecule is C1CO1.C=CC.CCC(C)C1C(=O)N(CCN(CCO)CCOO)C(=O)C1CC.CCC(C)C1C(=O)N(CCNCCO)C(=O)C1CC.CCC(C)C1C(=O)OC(=O)C1CC.NCCNCCO.O.O=C1C=CC(=O)O1. The molecule has 0 aromatic carbocycles. The van der Waals surface area contributed by atoms with Gasteiger partial charge in [-0.1, -0.05) is 87.7 Å². The predicted molar refractivity (Wildman–Crippen MR) is 286 cm³/mol. The van der Waals surface area contributed by atoms with Gasteiger partial charge in [0.15, 0.2) is 0 Å². The summed E-state index contributed by atoms with van der Waals surface area (Å²) in [5.74, 6) is -2.48. The van der Waals surface area contributed by atoms with E-state index in [-0.39, 0.29) is 121 Å². The molecule has 5 rings (SSSR count). The number of hydrogen-bond donors (Lipinski definition) is 7. The van der Waals surface area contributed by atoms with Crippen molar-refractivity contribution in [3.63, 3.8) is 0 Å². The molecule has 9 atom stereocenters. The second-order valence-electron chi connectivity index (χ2n) is 18.4. The molecule has 0 aromatic rings. The number of nitrogens with two attached hydrogens (primary N) is 1. The molecule has 5 aliphatic rings. The Bertz CT molecular complexity index is 1680. The fourth-order valence-corrected chi connectivity index (χ4v) is 8.46. The van der Waals surface area contributed by atoms with E-state index in [1.807, 2.05) is 67.2 Å². The monoisotopic (exact) mass is 1090 g/mol. The Labute approximate surface area is 451 Å². The van der Waals surface area contributed by atoms with Crippen LogP contribution in [0.25, 0.3) is 0 Å². The van der Waals surface area contributed by atoms with Crippen LogP contribution in [0.2, 0.25) is 0 Å². The molecular formula is C53H98N6O17. The van der Waals surface area contributed by atoms with E-state index in [2.05, 4.69) is 43.2 Å². The highest BCUT2D eigenvalue weighted by molar-refractivity contribution is 6.06. The zero-order valence-corrected chi connectivity index (χ0v) is 47.3. The molecule has 0 bridgehead atoms. The highest BCUT2D eigenvalue weighted by atomic mass is 17.1. The summed E-state index contributed by atoms with van der Waals surface area (Å²) in [5, 5.41) is 40.3. The Hall–Kier alpha value is -4.40. The number of epoxide rings is 1. The summed E-state index contributed by atoms with van der Waals surface area (Å²) >= 11 is 0. The first-order valence-corrected chi connectivity index (χ1v) is 26.8. The lowest BCUT2D eigenvalue weighted by Crippen LogP contribution is -2.41. The largest absolute Gasteiger partial charge is 0.412 e. The number of amides is 4. The van der Waals surface area contributed by atoms with Gasteiger partial charge in [0.05, 0.1) is 75.1 Å². The van der Waals surface area contributed by atoms with Crippen molar-refractivity contribution in [1.82, 2.24) is 25.3 Å². The molecule has 9 unspecified atom stereocenters. The van der Waals surface area contributed by atoms with Crippen LogP contribution in [0.5, 0.6) is 0 Å². The highest BCUT2D eigenvalue weighted by Crippen LogP contribution is 2.37. The lowest BCUT2D eigenvalue weighted by molar-refractivity contribution is -0.244. The normalized spacial score (nSPS) is 22.1. The standard InChI is InChI=1S/C16H30N2O5.C14H26N2O3.C10H16O3.C4H12N2O.C4H2O3.C3H6.C2H4O.H2O/c1-4-12(3)14-13(5-2)15(20)18(16(14)21)7-6-17(8-10-19)9-11-23-22;1-4-10(3)12-11(5-2)13(18)16(14(12)19)8-6-15-7-9-17;1-4-6(3)8-7(5-2)9(11)13-10(8)12;5-1-2-6-3-4-7;5-3-1-2-4(6)7-3;1-3-2;1-2-3-1;/h12-14,19,22H,4-11H2,1-3H3;10-12,15,17H,4-9H2,1-3H3;6-8H,4-5H2,1-3H3;6-7H,1-5H2;1-2H;3H,1H2,2H3;1-2H2;1H2. The molecule has 23 heteroatoms. The molecule has 4 saturated heterocycles. The van der Waals surface area contributed by atoms with Gasteiger partial charge >= 0.3 is 23.9 Å². The van der Waals surface area contributed by atoms with Crippen LogP contribution in [0, 0.1) is 53.3 Å². The van der Waals surface area contributed by atoms with Crippen molar-refractivity contribution < 1.29 is 83.5 Å². The number of carbonyl (C=O) groups excluding carboxylic acids is 8. The minimum absolute atomic E-state index is 0. The third-order valence-electron chi connectivity index (χ3n) is 13.2. The number of hydrogen-bond acceptors (Lipinski definition) is 20. The van der Waals surface area contributed by atoms with Crippen LogP contribution in [0.3, 0.4) is 0 Å². The van der Waals surface area contributed by atoms with E-state index in [1.165, 1.54) is 9.80 Å². The van der Waals surface area contributed by atoms with Crippen LogP contribution in [-0.4, -0.2) is 193 Å². The smallest absolute Gasteiger partial charge is 0.338 e. The molecule has 5 heterocycles. The lowest BCUT2D eigenvalue weighted by atomic mass is 9.81. The van der Waals surface area contributed by atoms with E-state index in [1.54, 1.807) is 6.08 Å². The average molecular weight is 1090 g/mol. The molecule has 5 aliphatic heterocycles. The summed E-state index contributed by atoms with van der Waals surface area (Å²) in [6, 6.07) is 0. The summed E-state index contributed by atoms with van der Waals surface area (Å²) in [6.07, 6.45) is 8.71. The maximum Gasteiger partial charge on any atom is 0.338 e. The summed E-state index contributed by atoms with van der Waals surface area (Å²) in [7, 11) is 0. The molecule has 0 radical (unpaired) electrons. The molecule has 23 nitrogen and oxygen atoms in total. The fourth-order valence-electron chi connectivity index (χ4n) is 8.46. The topological polar surface area (TPSA) is 349 Å². The van der Waals surface area contributed by atoms with Gasteiger partial charge in [0, 0.05) is 77.6 Å². The third-order valence-corrected chi connectivity index (χ3v) is 13.2. The Morgan fingerprint density at radius 3 is 1.41 bits per heavy atom. The molecule has 4 fully saturated rings. The van der Waals surface area contributed by atoms with Crippen LogP contribution >= 0.6 is 0 Å². The number of carbonyl (C=O) groups is 8. The predicted octanol–water partition coefficient (Wildman–Crippen LogP) is 1.75. The Morgan fingerprint density at radius 2 is 1.07 bits per heavy atom. The van der Waals surface area contributed by atoms with Gasteiger partial charge in [-0.2, -0.15) is 0 Å². The highest BCUT2D eigenvalue weighted by Gasteiger charge is 2.49. The minimum Gasteiger partial charge on any atom is -0.412 e. The van der Waals surface area contributed by atoms with Crippen LogP contribution in [-0.2, 0) is 57.5 Å². The van der Waals surface area contributed by atoms with E-state index >= 15 is 0 Å². The molecule has 0 saturated carbocycles. The van der Waals surface area contributed by atoms with Gasteiger partial charge in [-0.25, -0.2) is 14.5 Å². The van der Waals surface area contributed by atoms with E-state index in [0.29, 0.717) is 71.7 Å². The number of imide groups is 2. The molecule has 442 valence electrons. The van der Waals surface area contributed by atoms with Crippen molar-refractivity contribution >= 4 is 47.5 Å². The number of rotatable bonds is 26. The van der Waals surface area contributed by atoms with E-state index in [9.17, 15) is 38.4 Å². The summed E-state index contributed by atoms with van der Waals surface area (Å²) < 4.78 is 13.1. The van der Waals surface area contributed by atoms with Crippen LogP contribution in [0.1, 0.15) is 108 Å². The number of allylic oxidation sites excluding steroid dienone is 1. The molecule has 10 N–H and O–H groups in total. The third kappa shape index (κ3) is 28.3. The molecular weight excluding hydrogens is 993 g/mol. The van der Waals surface area contributed by atoms with Crippen LogP contribution < -0.4 is 16.4 Å². The molecule has 0 aromatic heterocycles. The Morgan fingerprint density at radius 1 is 0.645 bits per heavy atom. The van der Waals surface area contributed by atoms with Crippen molar-refractivity contribution in [1.29, 1.82) is 0 Å². The van der Waals surface area contributed by atoms with E-state index in [4.69, 9.17) is 26.3 Å². The number of nitrogens with zero attached hydrogens (tertiary/aromatic N) is 3. The maximum atomic E-state index is 12.6. The van der Waals surface area contributed by atoms with Gasteiger partial charge in [0.2, 0.25) is 23.6 Å². The second-order valence-corrected chi connectivity index (χ2v) is 18.4. The van der Waals surface area contributed by atoms with E-state index in [0.717, 1.165) is 57.6 Å². The zero-order chi connectivity index (χ0) is 57.5. The van der Waals surface area contributed by atoms with Crippen molar-refractivity contribution in [2.45, 2.75) is 108 Å². The number of likely N-dealkylation sites (tertiary alicyclic amines) is 2. The van der Waals surface area contributed by atoms with Gasteiger partial charge in [0.25, 0.3) is 0 Å². The minimum atomic E-state index is -0.579. The fraction of sp³-hybridized carbons (Fsp3) is 0.774.